The van der Waals surface area contributed by atoms with Crippen molar-refractivity contribution in [2.75, 3.05) is 6.54 Å². The molecule has 0 aromatic carbocycles. The summed E-state index contributed by atoms with van der Waals surface area (Å²) < 4.78 is 6.84. The van der Waals surface area contributed by atoms with Crippen LogP contribution >= 0.6 is 11.8 Å². The predicted molar refractivity (Wildman–Crippen MR) is 69.3 cm³/mol. The monoisotopic (exact) mass is 283 g/mol. The Balaban J connectivity index is 1.91. The Labute approximate surface area is 115 Å². The van der Waals surface area contributed by atoms with Crippen LogP contribution in [0.25, 0.3) is 0 Å². The normalized spacial score (nSPS) is 11.4. The molecule has 0 saturated heterocycles. The molecule has 9 heteroatoms. The summed E-state index contributed by atoms with van der Waals surface area (Å²) in [5.74, 6) is 2.39. The number of thioether (sulfide) groups is 1. The largest absolute Gasteiger partial charge is 0.338 e. The van der Waals surface area contributed by atoms with Gasteiger partial charge in [-0.2, -0.15) is 4.98 Å². The maximum absolute atomic E-state index is 5.48. The first kappa shape index (κ1) is 13.9. The standard InChI is InChI=1S/C10H17N7OS/c1-7(2)5-8-12-9(18-14-8)6-19-10-13-15-16-17(10)4-3-11/h7H,3-6,11H2,1-2H3. The highest BCUT2D eigenvalue weighted by molar-refractivity contribution is 7.98. The van der Waals surface area contributed by atoms with E-state index in [9.17, 15) is 0 Å². The van der Waals surface area contributed by atoms with Gasteiger partial charge in [0.15, 0.2) is 5.82 Å². The van der Waals surface area contributed by atoms with Gasteiger partial charge in [-0.3, -0.25) is 0 Å². The van der Waals surface area contributed by atoms with Crippen molar-refractivity contribution in [3.63, 3.8) is 0 Å². The van der Waals surface area contributed by atoms with Crippen molar-refractivity contribution in [3.8, 4) is 0 Å². The molecule has 0 aliphatic heterocycles. The van der Waals surface area contributed by atoms with Crippen molar-refractivity contribution in [1.82, 2.24) is 30.3 Å². The predicted octanol–water partition coefficient (Wildman–Crippen LogP) is 0.506. The zero-order valence-electron chi connectivity index (χ0n) is 11.0. The maximum Gasteiger partial charge on any atom is 0.237 e. The van der Waals surface area contributed by atoms with E-state index in [-0.39, 0.29) is 0 Å². The van der Waals surface area contributed by atoms with Crippen LogP contribution in [0.4, 0.5) is 0 Å². The van der Waals surface area contributed by atoms with E-state index in [1.807, 2.05) is 0 Å². The lowest BCUT2D eigenvalue weighted by Gasteiger charge is -1.99. The third-order valence-corrected chi connectivity index (χ3v) is 3.21. The van der Waals surface area contributed by atoms with Gasteiger partial charge in [0, 0.05) is 13.0 Å². The van der Waals surface area contributed by atoms with Gasteiger partial charge in [-0.1, -0.05) is 30.8 Å². The molecule has 0 spiro atoms. The summed E-state index contributed by atoms with van der Waals surface area (Å²) >= 11 is 1.45. The number of rotatable bonds is 7. The van der Waals surface area contributed by atoms with Gasteiger partial charge in [0.25, 0.3) is 0 Å². The molecule has 0 fully saturated rings. The van der Waals surface area contributed by atoms with Gasteiger partial charge < -0.3 is 10.3 Å². The molecule has 2 rings (SSSR count). The smallest absolute Gasteiger partial charge is 0.237 e. The Morgan fingerprint density at radius 3 is 3.00 bits per heavy atom. The summed E-state index contributed by atoms with van der Waals surface area (Å²) in [5.41, 5.74) is 5.48. The van der Waals surface area contributed by atoms with E-state index < -0.39 is 0 Å². The van der Waals surface area contributed by atoms with Crippen LogP contribution in [-0.4, -0.2) is 36.9 Å². The molecule has 0 aliphatic carbocycles. The van der Waals surface area contributed by atoms with Crippen LogP contribution in [0.15, 0.2) is 9.68 Å². The minimum absolute atomic E-state index is 0.498. The lowest BCUT2D eigenvalue weighted by molar-refractivity contribution is 0.382. The van der Waals surface area contributed by atoms with Crippen molar-refractivity contribution in [2.24, 2.45) is 11.7 Å². The molecule has 104 valence electrons. The van der Waals surface area contributed by atoms with Crippen LogP contribution in [-0.2, 0) is 18.7 Å². The molecule has 8 nitrogen and oxygen atoms in total. The van der Waals surface area contributed by atoms with Crippen LogP contribution in [0.5, 0.6) is 0 Å². The van der Waals surface area contributed by atoms with E-state index in [1.165, 1.54) is 11.8 Å². The minimum Gasteiger partial charge on any atom is -0.338 e. The van der Waals surface area contributed by atoms with Crippen molar-refractivity contribution in [3.05, 3.63) is 11.7 Å². The molecule has 0 unspecified atom stereocenters. The lowest BCUT2D eigenvalue weighted by atomic mass is 10.1. The van der Waals surface area contributed by atoms with Crippen LogP contribution in [0.3, 0.4) is 0 Å². The van der Waals surface area contributed by atoms with Crippen molar-refractivity contribution in [2.45, 2.75) is 37.7 Å². The number of hydrogen-bond acceptors (Lipinski definition) is 8. The zero-order valence-corrected chi connectivity index (χ0v) is 11.8. The molecule has 0 bridgehead atoms. The van der Waals surface area contributed by atoms with E-state index in [0.717, 1.165) is 12.2 Å². The number of aromatic nitrogens is 6. The molecule has 0 radical (unpaired) electrons. The number of nitrogens with zero attached hydrogens (tertiary/aromatic N) is 6. The highest BCUT2D eigenvalue weighted by atomic mass is 32.2. The first-order valence-electron chi connectivity index (χ1n) is 6.09. The number of tetrazole rings is 1. The molecule has 0 atom stereocenters. The molecule has 2 aromatic rings. The van der Waals surface area contributed by atoms with Gasteiger partial charge >= 0.3 is 0 Å². The summed E-state index contributed by atoms with van der Waals surface area (Å²) in [7, 11) is 0. The molecule has 2 N–H and O–H groups in total. The first-order valence-corrected chi connectivity index (χ1v) is 7.08. The average Bonchev–Trinajstić information content (AvgIpc) is 2.96. The Morgan fingerprint density at radius 1 is 1.42 bits per heavy atom. The highest BCUT2D eigenvalue weighted by Gasteiger charge is 2.11. The third kappa shape index (κ3) is 4.00. The summed E-state index contributed by atoms with van der Waals surface area (Å²) in [6.45, 7) is 5.33. The van der Waals surface area contributed by atoms with Crippen LogP contribution in [0.2, 0.25) is 0 Å². The second kappa shape index (κ2) is 6.62. The van der Waals surface area contributed by atoms with Gasteiger partial charge in [-0.15, -0.1) is 5.10 Å². The minimum atomic E-state index is 0.498. The zero-order chi connectivity index (χ0) is 13.7. The van der Waals surface area contributed by atoms with Crippen LogP contribution in [0.1, 0.15) is 25.6 Å². The van der Waals surface area contributed by atoms with Crippen molar-refractivity contribution in [1.29, 1.82) is 0 Å². The Hall–Kier alpha value is -1.48. The molecular weight excluding hydrogens is 266 g/mol. The van der Waals surface area contributed by atoms with Gasteiger partial charge in [0.2, 0.25) is 11.0 Å². The molecule has 0 saturated carbocycles. The topological polar surface area (TPSA) is 109 Å². The Kier molecular flexibility index (Phi) is 4.86. The fourth-order valence-electron chi connectivity index (χ4n) is 1.49. The summed E-state index contributed by atoms with van der Waals surface area (Å²) in [5, 5.41) is 16.0. The van der Waals surface area contributed by atoms with E-state index >= 15 is 0 Å². The SMILES string of the molecule is CC(C)Cc1noc(CSc2nnnn2CCN)n1. The molecule has 19 heavy (non-hydrogen) atoms. The van der Waals surface area contributed by atoms with Crippen LogP contribution in [0, 0.1) is 5.92 Å². The Bertz CT molecular complexity index is 509. The van der Waals surface area contributed by atoms with Gasteiger partial charge in [0.05, 0.1) is 12.3 Å². The second-order valence-corrected chi connectivity index (χ2v) is 5.41. The Morgan fingerprint density at radius 2 is 2.26 bits per heavy atom. The highest BCUT2D eigenvalue weighted by Crippen LogP contribution is 2.19. The summed E-state index contributed by atoms with van der Waals surface area (Å²) in [6, 6.07) is 0. The summed E-state index contributed by atoms with van der Waals surface area (Å²) in [4.78, 5) is 4.32. The quantitative estimate of drug-likeness (QED) is 0.732. The van der Waals surface area contributed by atoms with E-state index in [2.05, 4.69) is 39.5 Å². The number of hydrogen-bond donors (Lipinski definition) is 1. The van der Waals surface area contributed by atoms with E-state index in [0.29, 0.717) is 35.8 Å². The van der Waals surface area contributed by atoms with E-state index in [1.54, 1.807) is 4.68 Å². The maximum atomic E-state index is 5.48. The molecule has 0 aliphatic rings. The fraction of sp³-hybridized carbons (Fsp3) is 0.700. The molecule has 0 amide bonds. The summed E-state index contributed by atoms with van der Waals surface area (Å²) in [6.07, 6.45) is 0.819. The van der Waals surface area contributed by atoms with Gasteiger partial charge in [0.1, 0.15) is 0 Å². The van der Waals surface area contributed by atoms with Gasteiger partial charge in [-0.25, -0.2) is 4.68 Å². The average molecular weight is 283 g/mol. The first-order chi connectivity index (χ1) is 9.19. The van der Waals surface area contributed by atoms with E-state index in [4.69, 9.17) is 10.3 Å². The number of nitrogens with two attached hydrogens (primary N) is 1. The van der Waals surface area contributed by atoms with Crippen molar-refractivity contribution >= 4 is 11.8 Å². The van der Waals surface area contributed by atoms with Crippen molar-refractivity contribution < 1.29 is 4.52 Å². The molecule has 2 aromatic heterocycles. The van der Waals surface area contributed by atoms with Crippen LogP contribution < -0.4 is 5.73 Å². The second-order valence-electron chi connectivity index (χ2n) is 4.46. The third-order valence-electron chi connectivity index (χ3n) is 2.27. The van der Waals surface area contributed by atoms with Gasteiger partial charge in [-0.05, 0) is 16.3 Å². The molecule has 2 heterocycles. The fourth-order valence-corrected chi connectivity index (χ4v) is 2.23. The lowest BCUT2D eigenvalue weighted by Crippen LogP contribution is -2.12. The molecular formula is C10H17N7OS.